The minimum atomic E-state index is -4.79. The van der Waals surface area contributed by atoms with Crippen LogP contribution in [0.5, 0.6) is 5.75 Å². The van der Waals surface area contributed by atoms with Gasteiger partial charge in [-0.15, -0.1) is 6.58 Å². The predicted molar refractivity (Wildman–Crippen MR) is 83.6 cm³/mol. The summed E-state index contributed by atoms with van der Waals surface area (Å²) in [6.45, 7) is 5.89. The molecule has 0 saturated carbocycles. The van der Waals surface area contributed by atoms with Crippen LogP contribution < -0.4 is 4.74 Å². The van der Waals surface area contributed by atoms with Crippen molar-refractivity contribution in [3.63, 3.8) is 0 Å². The number of halogens is 4. The number of alkyl halides is 3. The van der Waals surface area contributed by atoms with E-state index in [1.807, 2.05) is 6.08 Å². The van der Waals surface area contributed by atoms with Crippen molar-refractivity contribution in [1.82, 2.24) is 0 Å². The third kappa shape index (κ3) is 4.50. The Hall–Kier alpha value is -1.56. The van der Waals surface area contributed by atoms with Crippen molar-refractivity contribution >= 4 is 0 Å². The van der Waals surface area contributed by atoms with Crippen LogP contribution in [0.4, 0.5) is 17.6 Å². The average Bonchev–Trinajstić information content (AvgIpc) is 2.53. The summed E-state index contributed by atoms with van der Waals surface area (Å²) in [4.78, 5) is 0. The number of ether oxygens (including phenoxy) is 2. The highest BCUT2D eigenvalue weighted by molar-refractivity contribution is 5.41. The molecule has 1 aromatic carbocycles. The molecule has 0 spiro atoms. The normalized spacial score (nSPS) is 21.5. The first kappa shape index (κ1) is 18.8. The first-order chi connectivity index (χ1) is 11.4. The molecule has 2 nitrogen and oxygen atoms in total. The van der Waals surface area contributed by atoms with Crippen molar-refractivity contribution in [2.24, 2.45) is 5.92 Å². The number of hydrogen-bond donors (Lipinski definition) is 0. The largest absolute Gasteiger partial charge is 0.493 e. The van der Waals surface area contributed by atoms with Gasteiger partial charge in [0.15, 0.2) is 0 Å². The molecule has 1 heterocycles. The Bertz CT molecular complexity index is 561. The second-order valence-corrected chi connectivity index (χ2v) is 5.91. The fourth-order valence-electron chi connectivity index (χ4n) is 2.89. The monoisotopic (exact) mass is 346 g/mol. The fraction of sp³-hybridized carbons (Fsp3) is 0.556. The molecule has 1 aliphatic heterocycles. The van der Waals surface area contributed by atoms with Crippen molar-refractivity contribution in [2.45, 2.75) is 44.9 Å². The van der Waals surface area contributed by atoms with E-state index < -0.39 is 23.3 Å². The lowest BCUT2D eigenvalue weighted by Gasteiger charge is -2.27. The second-order valence-electron chi connectivity index (χ2n) is 5.91. The lowest BCUT2D eigenvalue weighted by Crippen LogP contribution is -2.25. The lowest BCUT2D eigenvalue weighted by molar-refractivity contribution is -0.141. The smallest absolute Gasteiger partial charge is 0.422 e. The molecular formula is C18H22F4O2. The van der Waals surface area contributed by atoms with Crippen molar-refractivity contribution in [3.05, 3.63) is 41.7 Å². The number of benzene rings is 1. The summed E-state index contributed by atoms with van der Waals surface area (Å²) in [6.07, 6.45) is -0.561. The summed E-state index contributed by atoms with van der Waals surface area (Å²) in [6, 6.07) is 2.56. The van der Waals surface area contributed by atoms with Gasteiger partial charge in [0, 0.05) is 5.92 Å². The lowest BCUT2D eigenvalue weighted by atomic mass is 9.94. The molecule has 6 heteroatoms. The van der Waals surface area contributed by atoms with Crippen LogP contribution in [-0.2, 0) is 17.3 Å². The van der Waals surface area contributed by atoms with Gasteiger partial charge in [-0.3, -0.25) is 0 Å². The second kappa shape index (κ2) is 8.01. The third-order valence-corrected chi connectivity index (χ3v) is 4.24. The van der Waals surface area contributed by atoms with Crippen LogP contribution in [0.25, 0.3) is 0 Å². The molecule has 2 unspecified atom stereocenters. The van der Waals surface area contributed by atoms with E-state index in [2.05, 4.69) is 6.58 Å². The molecular weight excluding hydrogens is 324 g/mol. The zero-order valence-corrected chi connectivity index (χ0v) is 13.7. The molecule has 0 radical (unpaired) electrons. The van der Waals surface area contributed by atoms with Crippen LogP contribution in [0.3, 0.4) is 0 Å². The van der Waals surface area contributed by atoms with Gasteiger partial charge < -0.3 is 9.47 Å². The van der Waals surface area contributed by atoms with E-state index in [0.29, 0.717) is 18.9 Å². The molecule has 0 bridgehead atoms. The third-order valence-electron chi connectivity index (χ3n) is 4.24. The Morgan fingerprint density at radius 2 is 2.08 bits per heavy atom. The van der Waals surface area contributed by atoms with E-state index in [0.717, 1.165) is 12.8 Å². The van der Waals surface area contributed by atoms with E-state index in [1.165, 1.54) is 12.1 Å². The molecule has 134 valence electrons. The molecule has 0 aromatic heterocycles. The molecule has 1 saturated heterocycles. The van der Waals surface area contributed by atoms with Crippen LogP contribution >= 0.6 is 0 Å². The maximum Gasteiger partial charge on any atom is 0.422 e. The standard InChI is InChI=1S/C18H22F4O2/c1-3-12-5-8-14(24-11-12)9-6-13-7-10-15(23-4-2)16(17(13)19)18(20,21)22/h3,7,10,12,14H,1,4-6,8-9,11H2,2H3. The van der Waals surface area contributed by atoms with Gasteiger partial charge in [-0.1, -0.05) is 12.1 Å². The van der Waals surface area contributed by atoms with Gasteiger partial charge in [-0.2, -0.15) is 13.2 Å². The molecule has 1 fully saturated rings. The Balaban J connectivity index is 2.09. The van der Waals surface area contributed by atoms with E-state index in [9.17, 15) is 17.6 Å². The Morgan fingerprint density at radius 3 is 2.62 bits per heavy atom. The summed E-state index contributed by atoms with van der Waals surface area (Å²) in [5, 5.41) is 0. The average molecular weight is 346 g/mol. The topological polar surface area (TPSA) is 18.5 Å². The highest BCUT2D eigenvalue weighted by atomic mass is 19.4. The number of rotatable bonds is 6. The molecule has 1 aliphatic rings. The highest BCUT2D eigenvalue weighted by Crippen LogP contribution is 2.39. The van der Waals surface area contributed by atoms with Crippen LogP contribution in [0.2, 0.25) is 0 Å². The maximum atomic E-state index is 14.4. The summed E-state index contributed by atoms with van der Waals surface area (Å²) >= 11 is 0. The molecule has 1 aromatic rings. The zero-order valence-electron chi connectivity index (χ0n) is 13.7. The van der Waals surface area contributed by atoms with Crippen LogP contribution in [0.15, 0.2) is 24.8 Å². The number of aryl methyl sites for hydroxylation is 1. The summed E-state index contributed by atoms with van der Waals surface area (Å²) in [5.74, 6) is -1.39. The fourth-order valence-corrected chi connectivity index (χ4v) is 2.89. The molecule has 2 rings (SSSR count). The highest BCUT2D eigenvalue weighted by Gasteiger charge is 2.39. The van der Waals surface area contributed by atoms with Crippen molar-refractivity contribution in [2.75, 3.05) is 13.2 Å². The maximum absolute atomic E-state index is 14.4. The first-order valence-electron chi connectivity index (χ1n) is 8.12. The summed E-state index contributed by atoms with van der Waals surface area (Å²) < 4.78 is 64.4. The zero-order chi connectivity index (χ0) is 17.7. The van der Waals surface area contributed by atoms with Gasteiger partial charge in [0.05, 0.1) is 19.3 Å². The summed E-state index contributed by atoms with van der Waals surface area (Å²) in [7, 11) is 0. The minimum absolute atomic E-state index is 0.0419. The van der Waals surface area contributed by atoms with Gasteiger partial charge in [0.2, 0.25) is 0 Å². The van der Waals surface area contributed by atoms with E-state index in [4.69, 9.17) is 9.47 Å². The van der Waals surface area contributed by atoms with Gasteiger partial charge in [-0.25, -0.2) is 4.39 Å². The van der Waals surface area contributed by atoms with Crippen molar-refractivity contribution < 1.29 is 27.0 Å². The molecule has 0 amide bonds. The quantitative estimate of drug-likeness (QED) is 0.523. The van der Waals surface area contributed by atoms with Crippen LogP contribution in [-0.4, -0.2) is 19.3 Å². The van der Waals surface area contributed by atoms with E-state index in [-0.39, 0.29) is 24.7 Å². The van der Waals surface area contributed by atoms with Gasteiger partial charge >= 0.3 is 6.18 Å². The predicted octanol–water partition coefficient (Wildman–Crippen LogP) is 5.16. The Kier molecular flexibility index (Phi) is 6.27. The minimum Gasteiger partial charge on any atom is -0.493 e. The van der Waals surface area contributed by atoms with Gasteiger partial charge in [0.1, 0.15) is 17.1 Å². The Labute approximate surface area is 139 Å². The van der Waals surface area contributed by atoms with Gasteiger partial charge in [0.25, 0.3) is 0 Å². The molecule has 2 atom stereocenters. The van der Waals surface area contributed by atoms with E-state index >= 15 is 0 Å². The van der Waals surface area contributed by atoms with E-state index in [1.54, 1.807) is 6.92 Å². The first-order valence-corrected chi connectivity index (χ1v) is 8.12. The van der Waals surface area contributed by atoms with Gasteiger partial charge in [-0.05, 0) is 44.2 Å². The summed E-state index contributed by atoms with van der Waals surface area (Å²) in [5.41, 5.74) is -1.28. The molecule has 0 aliphatic carbocycles. The number of hydrogen-bond acceptors (Lipinski definition) is 2. The van der Waals surface area contributed by atoms with Crippen molar-refractivity contribution in [1.29, 1.82) is 0 Å². The Morgan fingerprint density at radius 1 is 1.33 bits per heavy atom. The van der Waals surface area contributed by atoms with Crippen LogP contribution in [0, 0.1) is 11.7 Å². The van der Waals surface area contributed by atoms with Crippen molar-refractivity contribution in [3.8, 4) is 5.75 Å². The SMILES string of the molecule is C=CC1CCC(CCc2ccc(OCC)c(C(F)(F)F)c2F)OC1. The molecule has 24 heavy (non-hydrogen) atoms. The van der Waals surface area contributed by atoms with Crippen LogP contribution in [0.1, 0.15) is 37.3 Å². The molecule has 0 N–H and O–H groups in total.